The van der Waals surface area contributed by atoms with Crippen LogP contribution < -0.4 is 10.4 Å². The maximum absolute atomic E-state index is 13.3. The number of ether oxygens (including phenoxy) is 2. The molecule has 9 nitrogen and oxygen atoms in total. The number of aryl methyl sites for hydroxylation is 1. The molecule has 0 radical (unpaired) electrons. The molecule has 1 aliphatic heterocycles. The monoisotopic (exact) mass is 454 g/mol. The fraction of sp³-hybridized carbons (Fsp3) is 0.160. The van der Waals surface area contributed by atoms with Gasteiger partial charge in [-0.1, -0.05) is 42.0 Å². The highest BCUT2D eigenvalue weighted by atomic mass is 16.5. The van der Waals surface area contributed by atoms with Crippen LogP contribution in [0.5, 0.6) is 11.6 Å². The van der Waals surface area contributed by atoms with Gasteiger partial charge in [0.15, 0.2) is 11.4 Å². The Labute approximate surface area is 192 Å². The quantitative estimate of drug-likeness (QED) is 0.292. The van der Waals surface area contributed by atoms with Crippen LogP contribution in [0.2, 0.25) is 0 Å². The minimum Gasteiger partial charge on any atom is -0.460 e. The standard InChI is InChI=1S/C25H18N4O5/c1-3-32-25(31)21-27-22-19-17(14-10-8-13(2)9-11-14)18-20(34-23(19)26-12-29(22)28-21)15-6-4-5-7-16(15)33-24(18)30/h4-12,17H,3H2,1-2H3. The lowest BCUT2D eigenvalue weighted by molar-refractivity contribution is 0.0512. The molecule has 3 aromatic heterocycles. The van der Waals surface area contributed by atoms with Crippen LogP contribution in [0.25, 0.3) is 16.6 Å². The van der Waals surface area contributed by atoms with E-state index in [0.717, 1.165) is 11.1 Å². The van der Waals surface area contributed by atoms with Crippen molar-refractivity contribution in [3.05, 3.63) is 93.4 Å². The number of para-hydroxylation sites is 1. The molecule has 1 atom stereocenters. The molecule has 4 heterocycles. The number of aromatic nitrogens is 4. The van der Waals surface area contributed by atoms with Gasteiger partial charge in [-0.05, 0) is 31.5 Å². The molecule has 0 fully saturated rings. The predicted octanol–water partition coefficient (Wildman–Crippen LogP) is 4.00. The maximum Gasteiger partial charge on any atom is 0.378 e. The van der Waals surface area contributed by atoms with Gasteiger partial charge in [0.05, 0.1) is 29.0 Å². The Kier molecular flexibility index (Phi) is 4.44. The van der Waals surface area contributed by atoms with Crippen molar-refractivity contribution in [2.75, 3.05) is 6.61 Å². The minimum absolute atomic E-state index is 0.101. The van der Waals surface area contributed by atoms with Gasteiger partial charge >= 0.3 is 11.6 Å². The number of esters is 1. The molecular weight excluding hydrogens is 436 g/mol. The predicted molar refractivity (Wildman–Crippen MR) is 121 cm³/mol. The molecule has 6 rings (SSSR count). The van der Waals surface area contributed by atoms with Crippen molar-refractivity contribution in [1.82, 2.24) is 19.6 Å². The van der Waals surface area contributed by atoms with Crippen molar-refractivity contribution < 1.29 is 18.7 Å². The summed E-state index contributed by atoms with van der Waals surface area (Å²) in [5.74, 6) is -0.669. The van der Waals surface area contributed by atoms with Crippen LogP contribution in [0.4, 0.5) is 0 Å². The smallest absolute Gasteiger partial charge is 0.378 e. The molecule has 0 amide bonds. The summed E-state index contributed by atoms with van der Waals surface area (Å²) in [4.78, 5) is 34.5. The molecular formula is C25H18N4O5. The number of benzene rings is 2. The third-order valence-electron chi connectivity index (χ3n) is 5.83. The van der Waals surface area contributed by atoms with E-state index in [1.54, 1.807) is 19.1 Å². The Morgan fingerprint density at radius 2 is 1.91 bits per heavy atom. The Bertz CT molecular complexity index is 1650. The van der Waals surface area contributed by atoms with Crippen molar-refractivity contribution in [3.63, 3.8) is 0 Å². The summed E-state index contributed by atoms with van der Waals surface area (Å²) < 4.78 is 18.3. The first-order valence-electron chi connectivity index (χ1n) is 10.8. The van der Waals surface area contributed by atoms with Gasteiger partial charge in [0.1, 0.15) is 11.9 Å². The van der Waals surface area contributed by atoms with Crippen LogP contribution >= 0.6 is 0 Å². The van der Waals surface area contributed by atoms with Crippen LogP contribution in [0, 0.1) is 6.92 Å². The Balaban J connectivity index is 1.68. The van der Waals surface area contributed by atoms with Gasteiger partial charge in [-0.15, -0.1) is 5.10 Å². The summed E-state index contributed by atoms with van der Waals surface area (Å²) in [6.45, 7) is 3.89. The highest BCUT2D eigenvalue weighted by molar-refractivity contribution is 5.88. The lowest BCUT2D eigenvalue weighted by atomic mass is 9.84. The molecule has 0 saturated heterocycles. The van der Waals surface area contributed by atoms with Gasteiger partial charge in [-0.25, -0.2) is 24.1 Å². The second-order valence-corrected chi connectivity index (χ2v) is 7.96. The summed E-state index contributed by atoms with van der Waals surface area (Å²) in [7, 11) is 0. The highest BCUT2D eigenvalue weighted by Gasteiger charge is 2.37. The maximum atomic E-state index is 13.3. The third kappa shape index (κ3) is 2.97. The van der Waals surface area contributed by atoms with Gasteiger partial charge in [0, 0.05) is 0 Å². The van der Waals surface area contributed by atoms with E-state index in [2.05, 4.69) is 15.1 Å². The summed E-state index contributed by atoms with van der Waals surface area (Å²) in [5, 5.41) is 4.88. The van der Waals surface area contributed by atoms with Crippen LogP contribution in [0.1, 0.15) is 45.7 Å². The zero-order chi connectivity index (χ0) is 23.4. The lowest BCUT2D eigenvalue weighted by Crippen LogP contribution is -2.22. The van der Waals surface area contributed by atoms with Gasteiger partial charge in [-0.3, -0.25) is 0 Å². The number of nitrogens with zero attached hydrogens (tertiary/aromatic N) is 4. The molecule has 168 valence electrons. The van der Waals surface area contributed by atoms with Crippen LogP contribution in [-0.4, -0.2) is 32.2 Å². The van der Waals surface area contributed by atoms with Crippen LogP contribution in [0.15, 0.2) is 64.1 Å². The second kappa shape index (κ2) is 7.51. The number of hydrogen-bond donors (Lipinski definition) is 0. The molecule has 9 heteroatoms. The van der Waals surface area contributed by atoms with Gasteiger partial charge < -0.3 is 13.9 Å². The van der Waals surface area contributed by atoms with Gasteiger partial charge in [0.25, 0.3) is 5.82 Å². The van der Waals surface area contributed by atoms with E-state index in [1.165, 1.54) is 10.8 Å². The number of hydrogen-bond acceptors (Lipinski definition) is 8. The number of carbonyl (C=O) groups is 1. The Morgan fingerprint density at radius 3 is 2.71 bits per heavy atom. The molecule has 0 N–H and O–H groups in total. The minimum atomic E-state index is -0.644. The average Bonchev–Trinajstić information content (AvgIpc) is 3.28. The van der Waals surface area contributed by atoms with Gasteiger partial charge in [0.2, 0.25) is 5.88 Å². The van der Waals surface area contributed by atoms with E-state index < -0.39 is 17.5 Å². The first kappa shape index (κ1) is 20.1. The van der Waals surface area contributed by atoms with E-state index >= 15 is 0 Å². The summed E-state index contributed by atoms with van der Waals surface area (Å²) in [6, 6.07) is 15.0. The fourth-order valence-electron chi connectivity index (χ4n) is 4.30. The molecule has 2 aromatic carbocycles. The summed E-state index contributed by atoms with van der Waals surface area (Å²) in [5.41, 5.74) is 3.01. The normalized spacial score (nSPS) is 14.5. The zero-order valence-corrected chi connectivity index (χ0v) is 18.3. The van der Waals surface area contributed by atoms with E-state index in [0.29, 0.717) is 33.5 Å². The van der Waals surface area contributed by atoms with E-state index in [4.69, 9.17) is 13.9 Å². The molecule has 0 aliphatic carbocycles. The van der Waals surface area contributed by atoms with Crippen molar-refractivity contribution in [3.8, 4) is 11.6 Å². The average molecular weight is 454 g/mol. The molecule has 34 heavy (non-hydrogen) atoms. The largest absolute Gasteiger partial charge is 0.460 e. The van der Waals surface area contributed by atoms with Crippen molar-refractivity contribution in [2.24, 2.45) is 0 Å². The van der Waals surface area contributed by atoms with Gasteiger partial charge in [-0.2, -0.15) is 0 Å². The van der Waals surface area contributed by atoms with Crippen molar-refractivity contribution in [1.29, 1.82) is 0 Å². The summed E-state index contributed by atoms with van der Waals surface area (Å²) in [6.07, 6.45) is 1.43. The molecule has 1 aliphatic rings. The highest BCUT2D eigenvalue weighted by Crippen LogP contribution is 2.48. The molecule has 0 spiro atoms. The first-order chi connectivity index (χ1) is 16.5. The van der Waals surface area contributed by atoms with E-state index in [9.17, 15) is 9.59 Å². The third-order valence-corrected chi connectivity index (χ3v) is 5.83. The second-order valence-electron chi connectivity index (χ2n) is 7.96. The van der Waals surface area contributed by atoms with Crippen molar-refractivity contribution in [2.45, 2.75) is 19.8 Å². The SMILES string of the molecule is CCOC(=O)c1nc2c3c(ncn2n1)Oc1c(c(=O)oc2ccccc12)C3c1ccc(C)cc1. The Morgan fingerprint density at radius 1 is 1.12 bits per heavy atom. The van der Waals surface area contributed by atoms with E-state index in [1.807, 2.05) is 43.3 Å². The zero-order valence-electron chi connectivity index (χ0n) is 18.3. The molecule has 1 unspecified atom stereocenters. The number of rotatable bonds is 3. The molecule has 0 saturated carbocycles. The topological polar surface area (TPSA) is 109 Å². The number of carbonyl (C=O) groups excluding carboxylic acids is 1. The van der Waals surface area contributed by atoms with Crippen LogP contribution in [0.3, 0.4) is 0 Å². The summed E-state index contributed by atoms with van der Waals surface area (Å²) >= 11 is 0. The van der Waals surface area contributed by atoms with Crippen molar-refractivity contribution >= 4 is 22.6 Å². The van der Waals surface area contributed by atoms with E-state index in [-0.39, 0.29) is 18.3 Å². The van der Waals surface area contributed by atoms with Crippen LogP contribution in [-0.2, 0) is 4.74 Å². The first-order valence-corrected chi connectivity index (χ1v) is 10.8. The molecule has 5 aromatic rings. The Hall–Kier alpha value is -4.53. The lowest BCUT2D eigenvalue weighted by Gasteiger charge is -2.27. The molecule has 0 bridgehead atoms. The number of fused-ring (bicyclic) bond motifs is 6. The fourth-order valence-corrected chi connectivity index (χ4v) is 4.30.